The molecule has 0 spiro atoms. The number of benzene rings is 1. The predicted octanol–water partition coefficient (Wildman–Crippen LogP) is 5.62. The Bertz CT molecular complexity index is 639. The Labute approximate surface area is 134 Å². The third kappa shape index (κ3) is 3.23. The molecule has 0 bridgehead atoms. The SMILES string of the molecule is N#Cc1ccc(NC(c2cccs2)C2CCCC2)cc1Cl. The third-order valence-electron chi connectivity index (χ3n) is 4.13. The highest BCUT2D eigenvalue weighted by molar-refractivity contribution is 7.10. The number of rotatable bonds is 4. The number of hydrogen-bond donors (Lipinski definition) is 1. The molecule has 0 aliphatic heterocycles. The van der Waals surface area contributed by atoms with Crippen molar-refractivity contribution < 1.29 is 0 Å². The first-order valence-corrected chi connectivity index (χ1v) is 8.53. The summed E-state index contributed by atoms with van der Waals surface area (Å²) in [7, 11) is 0. The molecular formula is C17H17ClN2S. The van der Waals surface area contributed by atoms with Crippen LogP contribution in [0.3, 0.4) is 0 Å². The van der Waals surface area contributed by atoms with Crippen molar-refractivity contribution in [3.8, 4) is 6.07 Å². The summed E-state index contributed by atoms with van der Waals surface area (Å²) < 4.78 is 0. The van der Waals surface area contributed by atoms with Crippen LogP contribution >= 0.6 is 22.9 Å². The van der Waals surface area contributed by atoms with Gasteiger partial charge >= 0.3 is 0 Å². The van der Waals surface area contributed by atoms with E-state index in [1.54, 1.807) is 17.4 Å². The summed E-state index contributed by atoms with van der Waals surface area (Å²) in [6, 6.07) is 12.3. The van der Waals surface area contributed by atoms with Crippen molar-refractivity contribution >= 4 is 28.6 Å². The van der Waals surface area contributed by atoms with Gasteiger partial charge in [-0.05, 0) is 48.4 Å². The molecule has 1 unspecified atom stereocenters. The summed E-state index contributed by atoms with van der Waals surface area (Å²) in [4.78, 5) is 1.38. The van der Waals surface area contributed by atoms with Crippen LogP contribution in [-0.2, 0) is 0 Å². The topological polar surface area (TPSA) is 35.8 Å². The molecule has 2 nitrogen and oxygen atoms in total. The molecule has 1 heterocycles. The van der Waals surface area contributed by atoms with Crippen LogP contribution < -0.4 is 5.32 Å². The molecule has 1 saturated carbocycles. The van der Waals surface area contributed by atoms with E-state index in [2.05, 4.69) is 28.9 Å². The number of thiophene rings is 1. The molecule has 108 valence electrons. The summed E-state index contributed by atoms with van der Waals surface area (Å²) in [6.07, 6.45) is 5.20. The molecule has 0 saturated heterocycles. The highest BCUT2D eigenvalue weighted by Crippen LogP contribution is 2.39. The molecule has 1 aromatic carbocycles. The fourth-order valence-corrected chi connectivity index (χ4v) is 4.15. The van der Waals surface area contributed by atoms with Crippen molar-refractivity contribution in [3.63, 3.8) is 0 Å². The van der Waals surface area contributed by atoms with Gasteiger partial charge in [-0.3, -0.25) is 0 Å². The second-order valence-electron chi connectivity index (χ2n) is 5.49. The predicted molar refractivity (Wildman–Crippen MR) is 88.8 cm³/mol. The summed E-state index contributed by atoms with van der Waals surface area (Å²) >= 11 is 7.94. The van der Waals surface area contributed by atoms with Crippen LogP contribution in [0.4, 0.5) is 5.69 Å². The van der Waals surface area contributed by atoms with E-state index in [4.69, 9.17) is 16.9 Å². The van der Waals surface area contributed by atoms with Crippen LogP contribution in [0.1, 0.15) is 42.2 Å². The molecular weight excluding hydrogens is 300 g/mol. The van der Waals surface area contributed by atoms with Crippen molar-refractivity contribution in [2.45, 2.75) is 31.7 Å². The van der Waals surface area contributed by atoms with Crippen molar-refractivity contribution in [1.29, 1.82) is 5.26 Å². The minimum absolute atomic E-state index is 0.344. The van der Waals surface area contributed by atoms with Gasteiger partial charge in [-0.15, -0.1) is 11.3 Å². The van der Waals surface area contributed by atoms with Crippen LogP contribution in [0.5, 0.6) is 0 Å². The van der Waals surface area contributed by atoms with Crippen LogP contribution in [-0.4, -0.2) is 0 Å². The number of nitrogens with one attached hydrogen (secondary N) is 1. The normalized spacial score (nSPS) is 16.6. The lowest BCUT2D eigenvalue weighted by Crippen LogP contribution is -2.18. The molecule has 1 fully saturated rings. The molecule has 3 rings (SSSR count). The van der Waals surface area contributed by atoms with Crippen LogP contribution in [0.15, 0.2) is 35.7 Å². The van der Waals surface area contributed by atoms with Crippen molar-refractivity contribution in [3.05, 3.63) is 51.2 Å². The standard InChI is InChI=1S/C17H17ClN2S/c18-15-10-14(8-7-13(15)11-19)20-17(12-4-1-2-5-12)16-6-3-9-21-16/h3,6-10,12,17,20H,1-2,4-5H2. The lowest BCUT2D eigenvalue weighted by molar-refractivity contribution is 0.475. The van der Waals surface area contributed by atoms with E-state index in [9.17, 15) is 0 Å². The first kappa shape index (κ1) is 14.4. The monoisotopic (exact) mass is 316 g/mol. The van der Waals surface area contributed by atoms with Crippen molar-refractivity contribution in [1.82, 2.24) is 0 Å². The zero-order chi connectivity index (χ0) is 14.7. The largest absolute Gasteiger partial charge is 0.377 e. The van der Waals surface area contributed by atoms with E-state index >= 15 is 0 Å². The average molecular weight is 317 g/mol. The second-order valence-corrected chi connectivity index (χ2v) is 6.87. The van der Waals surface area contributed by atoms with E-state index in [1.807, 2.05) is 12.1 Å². The Balaban J connectivity index is 1.84. The van der Waals surface area contributed by atoms with Crippen molar-refractivity contribution in [2.75, 3.05) is 5.32 Å². The van der Waals surface area contributed by atoms with Gasteiger partial charge in [0.1, 0.15) is 6.07 Å². The molecule has 0 amide bonds. The molecule has 4 heteroatoms. The Morgan fingerprint density at radius 1 is 1.29 bits per heavy atom. The van der Waals surface area contributed by atoms with Crippen LogP contribution in [0.25, 0.3) is 0 Å². The number of halogens is 1. The minimum Gasteiger partial charge on any atom is -0.377 e. The van der Waals surface area contributed by atoms with Crippen LogP contribution in [0, 0.1) is 17.2 Å². The van der Waals surface area contributed by atoms with Gasteiger partial charge in [0.25, 0.3) is 0 Å². The molecule has 1 N–H and O–H groups in total. The maximum Gasteiger partial charge on any atom is 0.101 e. The average Bonchev–Trinajstić information content (AvgIpc) is 3.18. The maximum absolute atomic E-state index is 8.96. The van der Waals surface area contributed by atoms with Gasteiger partial charge < -0.3 is 5.32 Å². The molecule has 0 radical (unpaired) electrons. The Hall–Kier alpha value is -1.50. The van der Waals surface area contributed by atoms with Gasteiger partial charge in [-0.25, -0.2) is 0 Å². The minimum atomic E-state index is 0.344. The summed E-state index contributed by atoms with van der Waals surface area (Å²) in [5, 5.41) is 15.2. The van der Waals surface area contributed by atoms with Gasteiger partial charge in [0, 0.05) is 10.6 Å². The molecule has 21 heavy (non-hydrogen) atoms. The molecule has 1 aliphatic carbocycles. The summed E-state index contributed by atoms with van der Waals surface area (Å²) in [5.74, 6) is 0.679. The van der Waals surface area contributed by atoms with Gasteiger partial charge in [0.2, 0.25) is 0 Å². The highest BCUT2D eigenvalue weighted by atomic mass is 35.5. The first-order valence-electron chi connectivity index (χ1n) is 7.27. The Morgan fingerprint density at radius 2 is 2.10 bits per heavy atom. The molecule has 1 aromatic heterocycles. The number of anilines is 1. The third-order valence-corrected chi connectivity index (χ3v) is 5.40. The van der Waals surface area contributed by atoms with E-state index in [0.29, 0.717) is 22.5 Å². The number of nitrogens with zero attached hydrogens (tertiary/aromatic N) is 1. The zero-order valence-corrected chi connectivity index (χ0v) is 13.3. The van der Waals surface area contributed by atoms with Gasteiger partial charge in [0.05, 0.1) is 16.6 Å². The Morgan fingerprint density at radius 3 is 2.71 bits per heavy atom. The number of nitriles is 1. The van der Waals surface area contributed by atoms with E-state index in [1.165, 1.54) is 30.6 Å². The van der Waals surface area contributed by atoms with Crippen LogP contribution in [0.2, 0.25) is 5.02 Å². The summed E-state index contributed by atoms with van der Waals surface area (Å²) in [5.41, 5.74) is 1.51. The quantitative estimate of drug-likeness (QED) is 0.795. The zero-order valence-electron chi connectivity index (χ0n) is 11.7. The molecule has 1 aliphatic rings. The highest BCUT2D eigenvalue weighted by Gasteiger charge is 2.27. The van der Waals surface area contributed by atoms with Gasteiger partial charge in [0.15, 0.2) is 0 Å². The van der Waals surface area contributed by atoms with Gasteiger partial charge in [-0.1, -0.05) is 30.5 Å². The van der Waals surface area contributed by atoms with E-state index < -0.39 is 0 Å². The number of hydrogen-bond acceptors (Lipinski definition) is 3. The lowest BCUT2D eigenvalue weighted by atomic mass is 9.96. The lowest BCUT2D eigenvalue weighted by Gasteiger charge is -2.25. The van der Waals surface area contributed by atoms with Gasteiger partial charge in [-0.2, -0.15) is 5.26 Å². The first-order chi connectivity index (χ1) is 10.3. The smallest absolute Gasteiger partial charge is 0.101 e. The fourth-order valence-electron chi connectivity index (χ4n) is 3.06. The van der Waals surface area contributed by atoms with E-state index in [0.717, 1.165) is 5.69 Å². The van der Waals surface area contributed by atoms with E-state index in [-0.39, 0.29) is 0 Å². The second kappa shape index (κ2) is 6.51. The van der Waals surface area contributed by atoms with Crippen molar-refractivity contribution in [2.24, 2.45) is 5.92 Å². The molecule has 2 aromatic rings. The maximum atomic E-state index is 8.96. The summed E-state index contributed by atoms with van der Waals surface area (Å²) in [6.45, 7) is 0. The fraction of sp³-hybridized carbons (Fsp3) is 0.353. The Kier molecular flexibility index (Phi) is 4.48. The molecule has 1 atom stereocenters.